The van der Waals surface area contributed by atoms with E-state index in [1.807, 2.05) is 103 Å². The van der Waals surface area contributed by atoms with Crippen LogP contribution in [0.3, 0.4) is 0 Å². The van der Waals surface area contributed by atoms with Crippen molar-refractivity contribution >= 4 is 46.1 Å². The zero-order valence-electron chi connectivity index (χ0n) is 32.1. The van der Waals surface area contributed by atoms with Crippen molar-refractivity contribution in [3.8, 4) is 0 Å². The molecule has 56 heavy (non-hydrogen) atoms. The van der Waals surface area contributed by atoms with Crippen molar-refractivity contribution < 1.29 is 0 Å². The fourth-order valence-corrected chi connectivity index (χ4v) is 5.87. The fraction of sp³-hybridized carbons (Fsp3) is 0.0800. The van der Waals surface area contributed by atoms with Crippen LogP contribution in [-0.4, -0.2) is 23.3 Å². The van der Waals surface area contributed by atoms with Gasteiger partial charge in [0.15, 0.2) is 11.7 Å². The summed E-state index contributed by atoms with van der Waals surface area (Å²) in [6, 6.07) is 61.3. The van der Waals surface area contributed by atoms with Crippen molar-refractivity contribution in [3.05, 3.63) is 226 Å². The van der Waals surface area contributed by atoms with E-state index in [2.05, 4.69) is 117 Å². The molecule has 6 heteroatoms. The summed E-state index contributed by atoms with van der Waals surface area (Å²) in [5, 5.41) is 7.16. The molecule has 6 nitrogen and oxygen atoms in total. The summed E-state index contributed by atoms with van der Waals surface area (Å²) in [6.45, 7) is 8.30. The van der Waals surface area contributed by atoms with Gasteiger partial charge in [-0.3, -0.25) is 0 Å². The SMILES string of the molecule is Cc1ccc(N=C(N=C(Nc2ccc(C)cc2)c2ccccc2)c2cccc(C(=Nc3ccc(C)cc3)N=C(Nc3ccc(C)cc3)c3ccccc3)c2)cc1. The first-order valence-electron chi connectivity index (χ1n) is 18.7. The molecule has 0 saturated carbocycles. The lowest BCUT2D eigenvalue weighted by Gasteiger charge is -2.14. The average molecular weight is 729 g/mol. The molecular weight excluding hydrogens is 685 g/mol. The van der Waals surface area contributed by atoms with E-state index in [1.54, 1.807) is 0 Å². The van der Waals surface area contributed by atoms with Crippen molar-refractivity contribution in [2.24, 2.45) is 20.0 Å². The third-order valence-electron chi connectivity index (χ3n) is 9.08. The molecular formula is C50H44N6. The maximum Gasteiger partial charge on any atom is 0.162 e. The lowest BCUT2D eigenvalue weighted by atomic mass is 10.1. The van der Waals surface area contributed by atoms with Gasteiger partial charge in [-0.1, -0.05) is 150 Å². The first kappa shape index (κ1) is 37.1. The predicted octanol–water partition coefficient (Wildman–Crippen LogP) is 12.2. The molecule has 7 aromatic carbocycles. The first-order valence-corrected chi connectivity index (χ1v) is 18.7. The molecule has 0 spiro atoms. The Balaban J connectivity index is 1.39. The molecule has 0 saturated heterocycles. The van der Waals surface area contributed by atoms with E-state index in [0.29, 0.717) is 23.3 Å². The lowest BCUT2D eigenvalue weighted by molar-refractivity contribution is 1.38. The second-order valence-corrected chi connectivity index (χ2v) is 13.8. The van der Waals surface area contributed by atoms with E-state index in [0.717, 1.165) is 56.1 Å². The highest BCUT2D eigenvalue weighted by Crippen LogP contribution is 2.22. The van der Waals surface area contributed by atoms with Crippen molar-refractivity contribution in [1.82, 2.24) is 0 Å². The van der Waals surface area contributed by atoms with Gasteiger partial charge in [-0.05, 0) is 82.3 Å². The monoisotopic (exact) mass is 728 g/mol. The third kappa shape index (κ3) is 10.1. The van der Waals surface area contributed by atoms with Crippen molar-refractivity contribution in [2.45, 2.75) is 27.7 Å². The molecule has 0 radical (unpaired) electrons. The summed E-state index contributed by atoms with van der Waals surface area (Å²) < 4.78 is 0. The largest absolute Gasteiger partial charge is 0.340 e. The molecule has 0 heterocycles. The predicted molar refractivity (Wildman–Crippen MR) is 237 cm³/mol. The van der Waals surface area contributed by atoms with Gasteiger partial charge in [-0.2, -0.15) is 0 Å². The Labute approximate surface area is 329 Å². The van der Waals surface area contributed by atoms with Crippen molar-refractivity contribution in [1.29, 1.82) is 0 Å². The fourth-order valence-electron chi connectivity index (χ4n) is 5.87. The number of aryl methyl sites for hydroxylation is 4. The summed E-state index contributed by atoms with van der Waals surface area (Å²) in [7, 11) is 0. The van der Waals surface area contributed by atoms with Gasteiger partial charge in [-0.15, -0.1) is 0 Å². The van der Waals surface area contributed by atoms with Crippen LogP contribution in [0.4, 0.5) is 22.7 Å². The number of nitrogens with zero attached hydrogens (tertiary/aromatic N) is 4. The molecule has 0 fully saturated rings. The Morgan fingerprint density at radius 2 is 0.661 bits per heavy atom. The van der Waals surface area contributed by atoms with Crippen LogP contribution in [0, 0.1) is 27.7 Å². The van der Waals surface area contributed by atoms with Gasteiger partial charge in [0.25, 0.3) is 0 Å². The van der Waals surface area contributed by atoms with E-state index in [-0.39, 0.29) is 0 Å². The summed E-state index contributed by atoms with van der Waals surface area (Å²) in [4.78, 5) is 20.9. The van der Waals surface area contributed by atoms with Gasteiger partial charge in [0.1, 0.15) is 11.7 Å². The summed E-state index contributed by atoms with van der Waals surface area (Å²) in [6.07, 6.45) is 0. The average Bonchev–Trinajstić information content (AvgIpc) is 3.23. The summed E-state index contributed by atoms with van der Waals surface area (Å²) >= 11 is 0. The molecule has 0 amide bonds. The van der Waals surface area contributed by atoms with Crippen LogP contribution in [0.1, 0.15) is 44.5 Å². The topological polar surface area (TPSA) is 73.5 Å². The Morgan fingerprint density at radius 1 is 0.339 bits per heavy atom. The number of rotatable bonds is 8. The van der Waals surface area contributed by atoms with E-state index in [1.165, 1.54) is 11.1 Å². The van der Waals surface area contributed by atoms with Crippen molar-refractivity contribution in [2.75, 3.05) is 10.6 Å². The van der Waals surface area contributed by atoms with Gasteiger partial charge >= 0.3 is 0 Å². The van der Waals surface area contributed by atoms with Gasteiger partial charge in [0.05, 0.1) is 11.4 Å². The minimum atomic E-state index is 0.536. The highest BCUT2D eigenvalue weighted by molar-refractivity contribution is 6.19. The number of hydrogen-bond donors (Lipinski definition) is 2. The van der Waals surface area contributed by atoms with Gasteiger partial charge in [0.2, 0.25) is 0 Å². The van der Waals surface area contributed by atoms with Crippen LogP contribution in [0.2, 0.25) is 0 Å². The van der Waals surface area contributed by atoms with E-state index < -0.39 is 0 Å². The number of amidine groups is 4. The normalized spacial score (nSPS) is 12.4. The second kappa shape index (κ2) is 17.8. The number of anilines is 2. The highest BCUT2D eigenvalue weighted by atomic mass is 15.1. The van der Waals surface area contributed by atoms with Crippen LogP contribution in [0.25, 0.3) is 0 Å². The molecule has 7 rings (SSSR count). The van der Waals surface area contributed by atoms with E-state index in [4.69, 9.17) is 20.0 Å². The first-order chi connectivity index (χ1) is 27.3. The second-order valence-electron chi connectivity index (χ2n) is 13.8. The molecule has 7 aromatic rings. The minimum Gasteiger partial charge on any atom is -0.340 e. The summed E-state index contributed by atoms with van der Waals surface area (Å²) in [5.41, 5.74) is 11.6. The zero-order chi connectivity index (χ0) is 38.7. The highest BCUT2D eigenvalue weighted by Gasteiger charge is 2.14. The molecule has 0 atom stereocenters. The van der Waals surface area contributed by atoms with Crippen LogP contribution in [0.5, 0.6) is 0 Å². The zero-order valence-corrected chi connectivity index (χ0v) is 32.1. The van der Waals surface area contributed by atoms with Crippen LogP contribution < -0.4 is 10.6 Å². The van der Waals surface area contributed by atoms with E-state index in [9.17, 15) is 0 Å². The van der Waals surface area contributed by atoms with E-state index >= 15 is 0 Å². The number of hydrogen-bond acceptors (Lipinski definition) is 2. The Hall–Kier alpha value is -7.18. The minimum absolute atomic E-state index is 0.536. The molecule has 0 aliphatic carbocycles. The Morgan fingerprint density at radius 3 is 1.02 bits per heavy atom. The Bertz CT molecular complexity index is 2320. The smallest absolute Gasteiger partial charge is 0.162 e. The van der Waals surface area contributed by atoms with Crippen LogP contribution in [0.15, 0.2) is 202 Å². The van der Waals surface area contributed by atoms with Crippen LogP contribution in [-0.2, 0) is 0 Å². The van der Waals surface area contributed by atoms with Crippen molar-refractivity contribution in [3.63, 3.8) is 0 Å². The molecule has 0 bridgehead atoms. The Kier molecular flexibility index (Phi) is 11.8. The maximum absolute atomic E-state index is 5.29. The quantitative estimate of drug-likeness (QED) is 0.121. The lowest BCUT2D eigenvalue weighted by Crippen LogP contribution is -2.17. The molecule has 0 unspecified atom stereocenters. The molecule has 2 N–H and O–H groups in total. The number of benzene rings is 7. The van der Waals surface area contributed by atoms with Crippen LogP contribution >= 0.6 is 0 Å². The molecule has 0 aliphatic heterocycles. The maximum atomic E-state index is 5.29. The molecule has 274 valence electrons. The number of aliphatic imine (C=N–C) groups is 4. The van der Waals surface area contributed by atoms with Gasteiger partial charge in [-0.25, -0.2) is 20.0 Å². The molecule has 0 aromatic heterocycles. The summed E-state index contributed by atoms with van der Waals surface area (Å²) in [5.74, 6) is 2.42. The van der Waals surface area contributed by atoms with Gasteiger partial charge in [0, 0.05) is 33.6 Å². The third-order valence-corrected chi connectivity index (χ3v) is 9.08. The molecule has 0 aliphatic rings. The standard InChI is InChI=1S/C50H44N6/c1-35-18-26-43(27-19-35)51-47(39-12-7-5-8-13-39)55-49(53-45-30-22-37(3)23-31-45)41-16-11-17-42(34-41)50(54-46-32-24-38(4)25-33-46)56-48(40-14-9-6-10-15-40)52-44-28-20-36(2)21-29-44/h5-34H,1-4H3,(H,51,53,55)(H,52,54,56). The number of nitrogens with one attached hydrogen (secondary N) is 2. The van der Waals surface area contributed by atoms with Gasteiger partial charge < -0.3 is 10.6 Å².